The summed E-state index contributed by atoms with van der Waals surface area (Å²) < 4.78 is 10.6. The van der Waals surface area contributed by atoms with Crippen LogP contribution in [0, 0.1) is 5.92 Å². The lowest BCUT2D eigenvalue weighted by Crippen LogP contribution is -2.17. The quantitative estimate of drug-likeness (QED) is 0.459. The molecule has 118 valence electrons. The third-order valence-electron chi connectivity index (χ3n) is 3.88. The second kappa shape index (κ2) is 7.78. The molecule has 0 N–H and O–H groups in total. The smallest absolute Gasteiger partial charge is 0.310 e. The first-order valence-corrected chi connectivity index (χ1v) is 7.58. The lowest BCUT2D eigenvalue weighted by atomic mass is 9.95. The average Bonchev–Trinajstić information content (AvgIpc) is 2.53. The summed E-state index contributed by atoms with van der Waals surface area (Å²) in [6, 6.07) is 5.11. The second-order valence-corrected chi connectivity index (χ2v) is 5.59. The van der Waals surface area contributed by atoms with E-state index >= 15 is 0 Å². The number of hydrogen-bond acceptors (Lipinski definition) is 4. The number of hydrogen-bond donors (Lipinski definition) is 0. The molecule has 1 aliphatic carbocycles. The summed E-state index contributed by atoms with van der Waals surface area (Å²) in [6.45, 7) is 1.96. The minimum atomic E-state index is -0.284. The van der Waals surface area contributed by atoms with E-state index in [1.807, 2.05) is 0 Å². The van der Waals surface area contributed by atoms with E-state index in [0.29, 0.717) is 29.4 Å². The van der Waals surface area contributed by atoms with Gasteiger partial charge < -0.3 is 9.47 Å². The van der Waals surface area contributed by atoms with Gasteiger partial charge in [0, 0.05) is 11.1 Å². The summed E-state index contributed by atoms with van der Waals surface area (Å²) in [4.78, 5) is 23.5. The van der Waals surface area contributed by atoms with E-state index < -0.39 is 0 Å². The molecule has 22 heavy (non-hydrogen) atoms. The van der Waals surface area contributed by atoms with Gasteiger partial charge in [-0.25, -0.2) is 0 Å². The average molecular weight is 302 g/mol. The molecule has 1 aromatic carbocycles. The highest BCUT2D eigenvalue weighted by Gasteiger charge is 2.15. The molecule has 0 spiro atoms. The fourth-order valence-corrected chi connectivity index (χ4v) is 2.56. The summed E-state index contributed by atoms with van der Waals surface area (Å²) in [5.41, 5.74) is 1.25. The van der Waals surface area contributed by atoms with Crippen LogP contribution in [0.5, 0.6) is 5.75 Å². The van der Waals surface area contributed by atoms with Crippen molar-refractivity contribution in [2.75, 3.05) is 13.7 Å². The van der Waals surface area contributed by atoms with E-state index in [0.717, 1.165) is 19.3 Å². The zero-order valence-electron chi connectivity index (χ0n) is 13.1. The number of ether oxygens (including phenoxy) is 2. The molecule has 0 saturated carbocycles. The first-order valence-electron chi connectivity index (χ1n) is 7.58. The second-order valence-electron chi connectivity index (χ2n) is 5.59. The minimum absolute atomic E-state index is 0.0359. The summed E-state index contributed by atoms with van der Waals surface area (Å²) in [6.07, 6.45) is 7.50. The number of carbonyl (C=O) groups is 2. The topological polar surface area (TPSA) is 52.6 Å². The molecular weight excluding hydrogens is 280 g/mol. The lowest BCUT2D eigenvalue weighted by Gasteiger charge is -2.17. The molecule has 2 rings (SSSR count). The molecule has 0 aliphatic heterocycles. The third-order valence-corrected chi connectivity index (χ3v) is 3.88. The van der Waals surface area contributed by atoms with Crippen molar-refractivity contribution in [1.29, 1.82) is 0 Å². The van der Waals surface area contributed by atoms with E-state index in [-0.39, 0.29) is 18.2 Å². The van der Waals surface area contributed by atoms with E-state index in [1.165, 1.54) is 6.92 Å². The molecule has 0 heterocycles. The van der Waals surface area contributed by atoms with Gasteiger partial charge in [-0.2, -0.15) is 0 Å². The maximum atomic E-state index is 12.0. The van der Waals surface area contributed by atoms with Gasteiger partial charge >= 0.3 is 5.97 Å². The largest absolute Gasteiger partial charge is 0.496 e. The molecule has 0 radical (unpaired) electrons. The maximum Gasteiger partial charge on any atom is 0.310 e. The fraction of sp³-hybridized carbons (Fsp3) is 0.444. The van der Waals surface area contributed by atoms with Crippen molar-refractivity contribution in [3.05, 3.63) is 41.5 Å². The Hall–Kier alpha value is -2.10. The van der Waals surface area contributed by atoms with Crippen LogP contribution in [0.1, 0.15) is 42.1 Å². The minimum Gasteiger partial charge on any atom is -0.496 e. The van der Waals surface area contributed by atoms with Crippen LogP contribution in [-0.2, 0) is 16.0 Å². The molecule has 0 aromatic heterocycles. The van der Waals surface area contributed by atoms with Crippen LogP contribution < -0.4 is 4.74 Å². The van der Waals surface area contributed by atoms with Crippen molar-refractivity contribution in [2.45, 2.75) is 32.6 Å². The van der Waals surface area contributed by atoms with E-state index in [9.17, 15) is 9.59 Å². The summed E-state index contributed by atoms with van der Waals surface area (Å²) >= 11 is 0. The monoisotopic (exact) mass is 302 g/mol. The van der Waals surface area contributed by atoms with Gasteiger partial charge in [-0.15, -0.1) is 0 Å². The van der Waals surface area contributed by atoms with Gasteiger partial charge in [0.1, 0.15) is 5.75 Å². The first-order chi connectivity index (χ1) is 10.6. The highest BCUT2D eigenvalue weighted by atomic mass is 16.5. The SMILES string of the molecule is COc1ccc(C(C)=O)cc1CC(=O)OCC1CC=CCC1. The van der Waals surface area contributed by atoms with Crippen molar-refractivity contribution >= 4 is 11.8 Å². The van der Waals surface area contributed by atoms with Crippen molar-refractivity contribution < 1.29 is 19.1 Å². The molecular formula is C18H22O4. The maximum absolute atomic E-state index is 12.0. The molecule has 4 heteroatoms. The Balaban J connectivity index is 1.96. The number of methoxy groups -OCH3 is 1. The van der Waals surface area contributed by atoms with E-state index in [2.05, 4.69) is 12.2 Å². The predicted octanol–water partition coefficient (Wildman–Crippen LogP) is 3.34. The van der Waals surface area contributed by atoms with Crippen LogP contribution in [-0.4, -0.2) is 25.5 Å². The van der Waals surface area contributed by atoms with Gasteiger partial charge in [0.2, 0.25) is 0 Å². The molecule has 0 saturated heterocycles. The Morgan fingerprint density at radius 2 is 2.09 bits per heavy atom. The van der Waals surface area contributed by atoms with Crippen molar-refractivity contribution in [1.82, 2.24) is 0 Å². The Morgan fingerprint density at radius 3 is 2.73 bits per heavy atom. The number of allylic oxidation sites excluding steroid dienone is 2. The number of esters is 1. The summed E-state index contributed by atoms with van der Waals surface area (Å²) in [5.74, 6) is 0.696. The van der Waals surface area contributed by atoms with Gasteiger partial charge in [-0.05, 0) is 50.3 Å². The number of carbonyl (C=O) groups excluding carboxylic acids is 2. The summed E-state index contributed by atoms with van der Waals surface area (Å²) in [7, 11) is 1.55. The van der Waals surface area contributed by atoms with E-state index in [4.69, 9.17) is 9.47 Å². The van der Waals surface area contributed by atoms with Crippen LogP contribution in [0.15, 0.2) is 30.4 Å². The fourth-order valence-electron chi connectivity index (χ4n) is 2.56. The van der Waals surface area contributed by atoms with Crippen LogP contribution >= 0.6 is 0 Å². The first kappa shape index (κ1) is 16.3. The standard InChI is InChI=1S/C18H22O4/c1-13(19)15-8-9-17(21-2)16(10-15)11-18(20)22-12-14-6-4-3-5-7-14/h3-4,8-10,14H,5-7,11-12H2,1-2H3. The highest BCUT2D eigenvalue weighted by Crippen LogP contribution is 2.22. The normalized spacial score (nSPS) is 17.1. The Labute approximate surface area is 131 Å². The molecule has 0 bridgehead atoms. The lowest BCUT2D eigenvalue weighted by molar-refractivity contribution is -0.144. The molecule has 1 unspecified atom stereocenters. The van der Waals surface area contributed by atoms with Crippen molar-refractivity contribution in [3.63, 3.8) is 0 Å². The van der Waals surface area contributed by atoms with Gasteiger partial charge in [0.05, 0.1) is 20.1 Å². The van der Waals surface area contributed by atoms with Crippen molar-refractivity contribution in [3.8, 4) is 5.75 Å². The zero-order chi connectivity index (χ0) is 15.9. The highest BCUT2D eigenvalue weighted by molar-refractivity contribution is 5.94. The molecule has 0 fully saturated rings. The Bertz CT molecular complexity index is 574. The van der Waals surface area contributed by atoms with Gasteiger partial charge in [-0.1, -0.05) is 12.2 Å². The molecule has 1 atom stereocenters. The third kappa shape index (κ3) is 4.45. The van der Waals surface area contributed by atoms with Crippen LogP contribution in [0.2, 0.25) is 0 Å². The molecule has 4 nitrogen and oxygen atoms in total. The number of ketones is 1. The van der Waals surface area contributed by atoms with Gasteiger partial charge in [0.25, 0.3) is 0 Å². The van der Waals surface area contributed by atoms with Crippen LogP contribution in [0.25, 0.3) is 0 Å². The molecule has 1 aromatic rings. The van der Waals surface area contributed by atoms with E-state index in [1.54, 1.807) is 25.3 Å². The number of Topliss-reactive ketones (excluding diaryl/α,β-unsaturated/α-hetero) is 1. The Morgan fingerprint density at radius 1 is 1.27 bits per heavy atom. The van der Waals surface area contributed by atoms with Gasteiger partial charge in [0.15, 0.2) is 5.78 Å². The zero-order valence-corrected chi connectivity index (χ0v) is 13.1. The van der Waals surface area contributed by atoms with Gasteiger partial charge in [-0.3, -0.25) is 9.59 Å². The summed E-state index contributed by atoms with van der Waals surface area (Å²) in [5, 5.41) is 0. The number of benzene rings is 1. The van der Waals surface area contributed by atoms with Crippen LogP contribution in [0.4, 0.5) is 0 Å². The number of rotatable bonds is 6. The van der Waals surface area contributed by atoms with Crippen LogP contribution in [0.3, 0.4) is 0 Å². The Kier molecular flexibility index (Phi) is 5.75. The predicted molar refractivity (Wildman–Crippen MR) is 84.1 cm³/mol. The van der Waals surface area contributed by atoms with Crippen molar-refractivity contribution in [2.24, 2.45) is 5.92 Å². The molecule has 0 amide bonds. The molecule has 1 aliphatic rings.